The fraction of sp³-hybridized carbons (Fsp3) is 0.500. The summed E-state index contributed by atoms with van der Waals surface area (Å²) in [5, 5.41) is 3.33. The summed E-state index contributed by atoms with van der Waals surface area (Å²) in [5.41, 5.74) is 0.849. The zero-order valence-electron chi connectivity index (χ0n) is 12.7. The van der Waals surface area contributed by atoms with Gasteiger partial charge in [0.15, 0.2) is 0 Å². The smallest absolute Gasteiger partial charge is 0.328 e. The molecule has 1 unspecified atom stereocenters. The lowest BCUT2D eigenvalue weighted by atomic mass is 10.1. The third-order valence-electron chi connectivity index (χ3n) is 2.86. The minimum atomic E-state index is -0.594. The van der Waals surface area contributed by atoms with E-state index in [0.717, 1.165) is 5.56 Å². The molecule has 1 N–H and O–H groups in total. The largest absolute Gasteiger partial charge is 0.464 e. The van der Waals surface area contributed by atoms with Gasteiger partial charge in [0.1, 0.15) is 6.04 Å². The second kappa shape index (κ2) is 8.67. The summed E-state index contributed by atoms with van der Waals surface area (Å²) in [6, 6.07) is 6.46. The van der Waals surface area contributed by atoms with Gasteiger partial charge in [-0.1, -0.05) is 44.5 Å². The summed E-state index contributed by atoms with van der Waals surface area (Å²) in [6.07, 6.45) is 0.717. The lowest BCUT2D eigenvalue weighted by Crippen LogP contribution is -2.42. The Bertz CT molecular complexity index is 471. The summed E-state index contributed by atoms with van der Waals surface area (Å²) in [4.78, 5) is 23.8. The van der Waals surface area contributed by atoms with E-state index in [1.165, 1.54) is 0 Å². The Morgan fingerprint density at radius 3 is 2.38 bits per heavy atom. The molecule has 1 amide bonds. The number of benzene rings is 1. The minimum absolute atomic E-state index is 0.203. The van der Waals surface area contributed by atoms with Crippen molar-refractivity contribution in [3.05, 3.63) is 34.9 Å². The van der Waals surface area contributed by atoms with Gasteiger partial charge in [-0.05, 0) is 30.0 Å². The van der Waals surface area contributed by atoms with Gasteiger partial charge in [-0.2, -0.15) is 0 Å². The van der Waals surface area contributed by atoms with Crippen molar-refractivity contribution in [1.82, 2.24) is 5.32 Å². The molecule has 0 saturated heterocycles. The van der Waals surface area contributed by atoms with Crippen molar-refractivity contribution in [3.63, 3.8) is 0 Å². The Hall–Kier alpha value is -1.55. The third-order valence-corrected chi connectivity index (χ3v) is 3.12. The number of hydrogen-bond donors (Lipinski definition) is 1. The first kappa shape index (κ1) is 17.5. The topological polar surface area (TPSA) is 55.4 Å². The fourth-order valence-corrected chi connectivity index (χ4v) is 1.84. The summed E-state index contributed by atoms with van der Waals surface area (Å²) < 4.78 is 5.15. The molecule has 0 fully saturated rings. The molecule has 0 saturated carbocycles. The van der Waals surface area contributed by atoms with Crippen LogP contribution in [0.1, 0.15) is 32.8 Å². The van der Waals surface area contributed by atoms with E-state index >= 15 is 0 Å². The van der Waals surface area contributed by atoms with Crippen molar-refractivity contribution in [1.29, 1.82) is 0 Å². The number of ether oxygens (including phenoxy) is 1. The normalized spacial score (nSPS) is 12.0. The average Bonchev–Trinajstić information content (AvgIpc) is 2.44. The predicted molar refractivity (Wildman–Crippen MR) is 83.2 cm³/mol. The summed E-state index contributed by atoms with van der Waals surface area (Å²) >= 11 is 5.80. The van der Waals surface area contributed by atoms with Gasteiger partial charge in [0.05, 0.1) is 13.0 Å². The van der Waals surface area contributed by atoms with Crippen LogP contribution in [0.5, 0.6) is 0 Å². The average molecular weight is 312 g/mol. The van der Waals surface area contributed by atoms with Gasteiger partial charge in [-0.15, -0.1) is 0 Å². The van der Waals surface area contributed by atoms with Crippen molar-refractivity contribution >= 4 is 23.5 Å². The lowest BCUT2D eigenvalue weighted by Gasteiger charge is -2.17. The van der Waals surface area contributed by atoms with E-state index in [0.29, 0.717) is 18.1 Å². The van der Waals surface area contributed by atoms with Gasteiger partial charge in [0, 0.05) is 5.02 Å². The SMILES string of the molecule is CCC(NC(=O)Cc1ccc(Cl)cc1)C(=O)OCC(C)C. The third kappa shape index (κ3) is 6.63. The minimum Gasteiger partial charge on any atom is -0.464 e. The van der Waals surface area contributed by atoms with Crippen LogP contribution in [0, 0.1) is 5.92 Å². The van der Waals surface area contributed by atoms with E-state index in [9.17, 15) is 9.59 Å². The zero-order chi connectivity index (χ0) is 15.8. The quantitative estimate of drug-likeness (QED) is 0.788. The van der Waals surface area contributed by atoms with Crippen LogP contribution in [0.3, 0.4) is 0 Å². The monoisotopic (exact) mass is 311 g/mol. The highest BCUT2D eigenvalue weighted by atomic mass is 35.5. The standard InChI is InChI=1S/C16H22ClNO3/c1-4-14(16(20)21-10-11(2)3)18-15(19)9-12-5-7-13(17)8-6-12/h5-8,11,14H,4,9-10H2,1-3H3,(H,18,19). The fourth-order valence-electron chi connectivity index (χ4n) is 1.71. The second-order valence-electron chi connectivity index (χ2n) is 5.36. The molecule has 5 heteroatoms. The molecule has 0 bridgehead atoms. The first-order valence-corrected chi connectivity index (χ1v) is 7.50. The highest BCUT2D eigenvalue weighted by Crippen LogP contribution is 2.10. The van der Waals surface area contributed by atoms with Crippen molar-refractivity contribution in [2.75, 3.05) is 6.61 Å². The zero-order valence-corrected chi connectivity index (χ0v) is 13.4. The molecule has 116 valence electrons. The summed E-state index contributed by atoms with van der Waals surface area (Å²) in [6.45, 7) is 6.13. The van der Waals surface area contributed by atoms with Crippen molar-refractivity contribution in [2.45, 2.75) is 39.7 Å². The van der Waals surface area contributed by atoms with Crippen LogP contribution in [0.25, 0.3) is 0 Å². The molecule has 0 aliphatic heterocycles. The maximum Gasteiger partial charge on any atom is 0.328 e. The van der Waals surface area contributed by atoms with Crippen LogP contribution in [0.15, 0.2) is 24.3 Å². The Labute approximate surface area is 130 Å². The molecular formula is C16H22ClNO3. The molecule has 1 atom stereocenters. The number of carbonyl (C=O) groups excluding carboxylic acids is 2. The van der Waals surface area contributed by atoms with Crippen molar-refractivity contribution < 1.29 is 14.3 Å². The van der Waals surface area contributed by atoms with Crippen LogP contribution in [0.2, 0.25) is 5.02 Å². The van der Waals surface area contributed by atoms with Gasteiger partial charge in [0.25, 0.3) is 0 Å². The molecule has 4 nitrogen and oxygen atoms in total. The number of hydrogen-bond acceptors (Lipinski definition) is 3. The number of carbonyl (C=O) groups is 2. The number of amides is 1. The van der Waals surface area contributed by atoms with E-state index in [1.807, 2.05) is 20.8 Å². The molecule has 0 aliphatic rings. The van der Waals surface area contributed by atoms with Crippen molar-refractivity contribution in [2.24, 2.45) is 5.92 Å². The van der Waals surface area contributed by atoms with Gasteiger partial charge < -0.3 is 10.1 Å². The maximum atomic E-state index is 12.0. The van der Waals surface area contributed by atoms with Gasteiger partial charge in [-0.3, -0.25) is 4.79 Å². The first-order chi connectivity index (χ1) is 9.92. The number of nitrogens with one attached hydrogen (secondary N) is 1. The van der Waals surface area contributed by atoms with E-state index in [4.69, 9.17) is 16.3 Å². The molecule has 21 heavy (non-hydrogen) atoms. The highest BCUT2D eigenvalue weighted by molar-refractivity contribution is 6.30. The molecule has 0 spiro atoms. The molecule has 0 radical (unpaired) electrons. The van der Waals surface area contributed by atoms with E-state index in [2.05, 4.69) is 5.32 Å². The second-order valence-corrected chi connectivity index (χ2v) is 5.79. The summed E-state index contributed by atoms with van der Waals surface area (Å²) in [5.74, 6) is -0.308. The maximum absolute atomic E-state index is 12.0. The molecule has 0 aromatic heterocycles. The number of rotatable bonds is 7. The lowest BCUT2D eigenvalue weighted by molar-refractivity contribution is -0.149. The van der Waals surface area contributed by atoms with Gasteiger partial charge in [-0.25, -0.2) is 4.79 Å². The van der Waals surface area contributed by atoms with Crippen molar-refractivity contribution in [3.8, 4) is 0 Å². The van der Waals surface area contributed by atoms with Gasteiger partial charge >= 0.3 is 5.97 Å². The van der Waals surface area contributed by atoms with Crippen LogP contribution in [-0.2, 0) is 20.7 Å². The molecule has 1 aromatic rings. The van der Waals surface area contributed by atoms with Gasteiger partial charge in [0.2, 0.25) is 5.91 Å². The molecule has 0 heterocycles. The highest BCUT2D eigenvalue weighted by Gasteiger charge is 2.20. The molecule has 1 rings (SSSR count). The Kier molecular flexibility index (Phi) is 7.23. The molecule has 1 aromatic carbocycles. The Balaban J connectivity index is 2.50. The Morgan fingerprint density at radius 1 is 1.24 bits per heavy atom. The molecular weight excluding hydrogens is 290 g/mol. The van der Waals surface area contributed by atoms with E-state index in [-0.39, 0.29) is 24.2 Å². The van der Waals surface area contributed by atoms with E-state index in [1.54, 1.807) is 24.3 Å². The Morgan fingerprint density at radius 2 is 1.86 bits per heavy atom. The number of esters is 1. The van der Waals surface area contributed by atoms with Crippen LogP contribution in [0.4, 0.5) is 0 Å². The molecule has 0 aliphatic carbocycles. The van der Waals surface area contributed by atoms with E-state index < -0.39 is 6.04 Å². The predicted octanol–water partition coefficient (Wildman–Crippen LogP) is 2.98. The first-order valence-electron chi connectivity index (χ1n) is 7.12. The number of halogens is 1. The van der Waals surface area contributed by atoms with Crippen LogP contribution in [-0.4, -0.2) is 24.5 Å². The van der Waals surface area contributed by atoms with Crippen LogP contribution >= 0.6 is 11.6 Å². The van der Waals surface area contributed by atoms with Crippen LogP contribution < -0.4 is 5.32 Å². The summed E-state index contributed by atoms with van der Waals surface area (Å²) in [7, 11) is 0.